The van der Waals surface area contributed by atoms with Crippen molar-refractivity contribution in [3.05, 3.63) is 42.0 Å². The van der Waals surface area contributed by atoms with Gasteiger partial charge in [-0.1, -0.05) is 12.1 Å². The zero-order valence-corrected chi connectivity index (χ0v) is 15.7. The number of aromatic nitrogens is 4. The van der Waals surface area contributed by atoms with Crippen LogP contribution in [0.4, 0.5) is 10.2 Å². The Morgan fingerprint density at radius 2 is 2.07 bits per heavy atom. The van der Waals surface area contributed by atoms with Crippen molar-refractivity contribution in [2.24, 2.45) is 0 Å². The molecule has 0 aliphatic heterocycles. The van der Waals surface area contributed by atoms with Gasteiger partial charge in [0.05, 0.1) is 5.60 Å². The lowest BCUT2D eigenvalue weighted by atomic mass is 9.80. The van der Waals surface area contributed by atoms with Crippen molar-refractivity contribution in [3.8, 4) is 11.4 Å². The molecule has 0 atom stereocenters. The van der Waals surface area contributed by atoms with Crippen LogP contribution in [0.25, 0.3) is 28.6 Å². The van der Waals surface area contributed by atoms with Crippen LogP contribution in [-0.2, 0) is 6.54 Å². The van der Waals surface area contributed by atoms with E-state index in [0.29, 0.717) is 34.9 Å². The van der Waals surface area contributed by atoms with Gasteiger partial charge in [-0.2, -0.15) is 0 Å². The molecule has 3 N–H and O–H groups in total. The number of nitrogens with two attached hydrogens (primary N) is 1. The number of fused-ring (bicyclic) bond motifs is 1. The summed E-state index contributed by atoms with van der Waals surface area (Å²) in [4.78, 5) is 13.4. The number of halogens is 2. The SMILES string of the molecule is CCn1c(-c2cccc(F)c2)nc2c(N)nc(/C=C/C3(O)CCC3)nc21.Cl. The lowest BCUT2D eigenvalue weighted by molar-refractivity contribution is 0.0150. The highest BCUT2D eigenvalue weighted by molar-refractivity contribution is 5.86. The molecule has 1 aliphatic carbocycles. The van der Waals surface area contributed by atoms with Crippen molar-refractivity contribution in [1.82, 2.24) is 19.5 Å². The second-order valence-electron chi connectivity index (χ2n) is 6.62. The first-order valence-corrected chi connectivity index (χ1v) is 8.70. The minimum atomic E-state index is -0.759. The highest BCUT2D eigenvalue weighted by Gasteiger charge is 2.31. The molecule has 2 aromatic heterocycles. The van der Waals surface area contributed by atoms with E-state index < -0.39 is 5.60 Å². The topological polar surface area (TPSA) is 89.9 Å². The Balaban J connectivity index is 0.00000210. The van der Waals surface area contributed by atoms with E-state index in [9.17, 15) is 9.50 Å². The van der Waals surface area contributed by atoms with Crippen LogP contribution in [0, 0.1) is 5.82 Å². The summed E-state index contributed by atoms with van der Waals surface area (Å²) >= 11 is 0. The molecule has 142 valence electrons. The lowest BCUT2D eigenvalue weighted by Gasteiger charge is -2.33. The summed E-state index contributed by atoms with van der Waals surface area (Å²) in [5.41, 5.74) is 7.08. The molecule has 0 radical (unpaired) electrons. The van der Waals surface area contributed by atoms with Gasteiger partial charge in [0.15, 0.2) is 22.8 Å². The zero-order chi connectivity index (χ0) is 18.3. The monoisotopic (exact) mass is 389 g/mol. The largest absolute Gasteiger partial charge is 0.386 e. The fourth-order valence-corrected chi connectivity index (χ4v) is 3.20. The second kappa shape index (κ2) is 7.25. The van der Waals surface area contributed by atoms with Gasteiger partial charge in [0, 0.05) is 12.1 Å². The Morgan fingerprint density at radius 1 is 1.30 bits per heavy atom. The molecule has 1 aliphatic rings. The molecule has 27 heavy (non-hydrogen) atoms. The number of hydrogen-bond donors (Lipinski definition) is 2. The molecule has 1 fully saturated rings. The molecule has 6 nitrogen and oxygen atoms in total. The Kier molecular flexibility index (Phi) is 5.17. The first-order valence-electron chi connectivity index (χ1n) is 8.70. The van der Waals surface area contributed by atoms with Crippen molar-refractivity contribution in [3.63, 3.8) is 0 Å². The Hall–Kier alpha value is -2.51. The van der Waals surface area contributed by atoms with E-state index in [0.717, 1.165) is 19.3 Å². The number of nitrogen functional groups attached to an aromatic ring is 1. The van der Waals surface area contributed by atoms with Gasteiger partial charge in [-0.15, -0.1) is 12.4 Å². The molecule has 0 bridgehead atoms. The fourth-order valence-electron chi connectivity index (χ4n) is 3.20. The Bertz CT molecular complexity index is 1010. The van der Waals surface area contributed by atoms with Gasteiger partial charge in [-0.05, 0) is 50.5 Å². The minimum Gasteiger partial charge on any atom is -0.386 e. The third kappa shape index (κ3) is 3.52. The summed E-state index contributed by atoms with van der Waals surface area (Å²) in [6.07, 6.45) is 5.94. The van der Waals surface area contributed by atoms with E-state index in [1.165, 1.54) is 12.1 Å². The average Bonchev–Trinajstić information content (AvgIpc) is 2.97. The molecular formula is C19H21ClFN5O. The molecule has 4 rings (SSSR count). The molecule has 2 heterocycles. The molecule has 1 saturated carbocycles. The highest BCUT2D eigenvalue weighted by Crippen LogP contribution is 2.33. The number of nitrogens with zero attached hydrogens (tertiary/aromatic N) is 4. The van der Waals surface area contributed by atoms with E-state index in [1.54, 1.807) is 24.3 Å². The molecule has 3 aromatic rings. The quantitative estimate of drug-likeness (QED) is 0.711. The van der Waals surface area contributed by atoms with Crippen molar-refractivity contribution in [2.75, 3.05) is 5.73 Å². The summed E-state index contributed by atoms with van der Waals surface area (Å²) in [6, 6.07) is 6.27. The maximum atomic E-state index is 13.6. The van der Waals surface area contributed by atoms with Crippen molar-refractivity contribution in [2.45, 2.75) is 38.3 Å². The standard InChI is InChI=1S/C19H20FN5O.ClH/c1-2-25-17(12-5-3-6-13(20)11-12)24-15-16(21)22-14(23-18(15)25)7-10-19(26)8-4-9-19;/h3,5-7,10-11,26H,2,4,8-9H2,1H3,(H2,21,22,23);1H/b10-7+;. The van der Waals surface area contributed by atoms with Crippen LogP contribution >= 0.6 is 12.4 Å². The normalized spacial score (nSPS) is 15.7. The van der Waals surface area contributed by atoms with Gasteiger partial charge >= 0.3 is 0 Å². The van der Waals surface area contributed by atoms with Crippen LogP contribution in [0.5, 0.6) is 0 Å². The van der Waals surface area contributed by atoms with Gasteiger partial charge in [0.1, 0.15) is 11.6 Å². The van der Waals surface area contributed by atoms with E-state index in [4.69, 9.17) is 5.73 Å². The van der Waals surface area contributed by atoms with Crippen LogP contribution in [0.1, 0.15) is 32.0 Å². The van der Waals surface area contributed by atoms with E-state index in [1.807, 2.05) is 11.5 Å². The fraction of sp³-hybridized carbons (Fsp3) is 0.316. The smallest absolute Gasteiger partial charge is 0.166 e. The predicted molar refractivity (Wildman–Crippen MR) is 106 cm³/mol. The zero-order valence-electron chi connectivity index (χ0n) is 14.9. The number of anilines is 1. The summed E-state index contributed by atoms with van der Waals surface area (Å²) < 4.78 is 15.5. The summed E-state index contributed by atoms with van der Waals surface area (Å²) in [7, 11) is 0. The Morgan fingerprint density at radius 3 is 2.70 bits per heavy atom. The van der Waals surface area contributed by atoms with Crippen LogP contribution in [0.3, 0.4) is 0 Å². The van der Waals surface area contributed by atoms with Crippen LogP contribution in [0.15, 0.2) is 30.3 Å². The van der Waals surface area contributed by atoms with Crippen LogP contribution in [-0.4, -0.2) is 30.2 Å². The van der Waals surface area contributed by atoms with Crippen molar-refractivity contribution >= 4 is 35.5 Å². The molecule has 0 spiro atoms. The lowest BCUT2D eigenvalue weighted by Crippen LogP contribution is -2.33. The molecule has 0 unspecified atom stereocenters. The maximum Gasteiger partial charge on any atom is 0.166 e. The number of rotatable bonds is 4. The first kappa shape index (κ1) is 19.3. The van der Waals surface area contributed by atoms with E-state index >= 15 is 0 Å². The van der Waals surface area contributed by atoms with E-state index in [2.05, 4.69) is 15.0 Å². The molecule has 8 heteroatoms. The molecule has 0 saturated heterocycles. The molecule has 1 aromatic carbocycles. The highest BCUT2D eigenvalue weighted by atomic mass is 35.5. The van der Waals surface area contributed by atoms with Gasteiger partial charge in [-0.25, -0.2) is 19.3 Å². The van der Waals surface area contributed by atoms with Gasteiger partial charge < -0.3 is 15.4 Å². The third-order valence-electron chi connectivity index (χ3n) is 4.80. The van der Waals surface area contributed by atoms with Gasteiger partial charge in [0.25, 0.3) is 0 Å². The molecular weight excluding hydrogens is 369 g/mol. The van der Waals surface area contributed by atoms with Gasteiger partial charge in [-0.3, -0.25) is 0 Å². The summed E-state index contributed by atoms with van der Waals surface area (Å²) in [6.45, 7) is 2.57. The average molecular weight is 390 g/mol. The first-order chi connectivity index (χ1) is 12.5. The summed E-state index contributed by atoms with van der Waals surface area (Å²) in [5, 5.41) is 10.2. The van der Waals surface area contributed by atoms with Crippen LogP contribution < -0.4 is 5.73 Å². The summed E-state index contributed by atoms with van der Waals surface area (Å²) in [5.74, 6) is 0.964. The number of aryl methyl sites for hydroxylation is 1. The van der Waals surface area contributed by atoms with Gasteiger partial charge in [0.2, 0.25) is 0 Å². The third-order valence-corrected chi connectivity index (χ3v) is 4.80. The number of benzene rings is 1. The second-order valence-corrected chi connectivity index (χ2v) is 6.62. The molecule has 0 amide bonds. The predicted octanol–water partition coefficient (Wildman–Crippen LogP) is 3.58. The van der Waals surface area contributed by atoms with Crippen molar-refractivity contribution in [1.29, 1.82) is 0 Å². The van der Waals surface area contributed by atoms with Crippen molar-refractivity contribution < 1.29 is 9.50 Å². The Labute approximate surface area is 162 Å². The number of aliphatic hydroxyl groups is 1. The van der Waals surface area contributed by atoms with E-state index in [-0.39, 0.29) is 24.0 Å². The minimum absolute atomic E-state index is 0. The number of hydrogen-bond acceptors (Lipinski definition) is 5. The maximum absolute atomic E-state index is 13.6. The number of imidazole rings is 1. The van der Waals surface area contributed by atoms with Crippen LogP contribution in [0.2, 0.25) is 0 Å².